The topological polar surface area (TPSA) is 224 Å². The first-order valence-corrected chi connectivity index (χ1v) is 11.7. The number of aliphatic carboxylic acids is 2. The fourth-order valence-corrected chi connectivity index (χ4v) is 3.71. The lowest BCUT2D eigenvalue weighted by Gasteiger charge is -2.26. The van der Waals surface area contributed by atoms with E-state index in [4.69, 9.17) is 10.8 Å². The highest BCUT2D eigenvalue weighted by Crippen LogP contribution is 2.19. The maximum Gasteiger partial charge on any atom is 0.328 e. The number of H-pyrrole nitrogens is 1. The number of benzene rings is 1. The number of aliphatic hydroxyl groups excluding tert-OH is 1. The second-order valence-electron chi connectivity index (χ2n) is 9.12. The highest BCUT2D eigenvalue weighted by atomic mass is 16.4. The number of carbonyl (C=O) groups excluding carboxylic acids is 3. The highest BCUT2D eigenvalue weighted by molar-refractivity contribution is 5.96. The molecule has 0 saturated carbocycles. The molecule has 2 rings (SSSR count). The zero-order valence-corrected chi connectivity index (χ0v) is 20.7. The van der Waals surface area contributed by atoms with Gasteiger partial charge in [-0.1, -0.05) is 32.0 Å². The van der Waals surface area contributed by atoms with Crippen molar-refractivity contribution >= 4 is 40.6 Å². The minimum Gasteiger partial charge on any atom is -0.481 e. The molecule has 0 aliphatic heterocycles. The molecule has 1 heterocycles. The van der Waals surface area contributed by atoms with Crippen molar-refractivity contribution in [2.75, 3.05) is 0 Å². The van der Waals surface area contributed by atoms with Gasteiger partial charge in [-0.3, -0.25) is 19.2 Å². The summed E-state index contributed by atoms with van der Waals surface area (Å²) in [5.74, 6) is -6.04. The van der Waals surface area contributed by atoms with E-state index in [-0.39, 0.29) is 6.42 Å². The summed E-state index contributed by atoms with van der Waals surface area (Å²) in [6.45, 7) is 4.40. The number of para-hydroxylation sites is 1. The smallest absolute Gasteiger partial charge is 0.328 e. The van der Waals surface area contributed by atoms with Crippen LogP contribution in [0.15, 0.2) is 30.5 Å². The van der Waals surface area contributed by atoms with Crippen LogP contribution in [0.5, 0.6) is 0 Å². The molecule has 2 aromatic rings. The van der Waals surface area contributed by atoms with Gasteiger partial charge in [-0.05, 0) is 30.9 Å². The molecular formula is C24H33N5O8. The Kier molecular flexibility index (Phi) is 10.1. The zero-order valence-electron chi connectivity index (χ0n) is 20.7. The number of nitrogens with two attached hydrogens (primary N) is 1. The van der Waals surface area contributed by atoms with Crippen molar-refractivity contribution in [3.63, 3.8) is 0 Å². The molecular weight excluding hydrogens is 486 g/mol. The Bertz CT molecular complexity index is 1150. The largest absolute Gasteiger partial charge is 0.481 e. The summed E-state index contributed by atoms with van der Waals surface area (Å²) in [4.78, 5) is 64.0. The van der Waals surface area contributed by atoms with E-state index < -0.39 is 72.3 Å². The number of fused-ring (bicyclic) bond motifs is 1. The van der Waals surface area contributed by atoms with Crippen LogP contribution < -0.4 is 21.7 Å². The quantitative estimate of drug-likeness (QED) is 0.164. The van der Waals surface area contributed by atoms with Crippen LogP contribution in [-0.4, -0.2) is 80.2 Å². The Labute approximate surface area is 212 Å². The summed E-state index contributed by atoms with van der Waals surface area (Å²) >= 11 is 0. The molecule has 3 amide bonds. The average Bonchev–Trinajstić information content (AvgIpc) is 3.21. The minimum absolute atomic E-state index is 0.183. The number of amides is 3. The second kappa shape index (κ2) is 12.8. The third-order valence-corrected chi connectivity index (χ3v) is 5.76. The Morgan fingerprint density at radius 2 is 1.54 bits per heavy atom. The Balaban J connectivity index is 2.11. The summed E-state index contributed by atoms with van der Waals surface area (Å²) in [7, 11) is 0. The molecule has 37 heavy (non-hydrogen) atoms. The van der Waals surface area contributed by atoms with Crippen molar-refractivity contribution in [1.29, 1.82) is 0 Å². The molecule has 0 radical (unpaired) electrons. The number of aromatic nitrogens is 1. The van der Waals surface area contributed by atoms with Crippen molar-refractivity contribution < 1.29 is 39.3 Å². The number of aromatic amines is 1. The van der Waals surface area contributed by atoms with Gasteiger partial charge in [0.2, 0.25) is 17.7 Å². The maximum atomic E-state index is 13.0. The van der Waals surface area contributed by atoms with Crippen LogP contribution in [0.25, 0.3) is 10.9 Å². The van der Waals surface area contributed by atoms with Gasteiger partial charge in [-0.25, -0.2) is 4.79 Å². The fraction of sp³-hybridized carbons (Fsp3) is 0.458. The van der Waals surface area contributed by atoms with Crippen molar-refractivity contribution in [2.45, 2.75) is 63.9 Å². The average molecular weight is 520 g/mol. The second-order valence-corrected chi connectivity index (χ2v) is 9.12. The number of hydrogen-bond acceptors (Lipinski definition) is 7. The van der Waals surface area contributed by atoms with Crippen molar-refractivity contribution in [2.24, 2.45) is 11.7 Å². The summed E-state index contributed by atoms with van der Waals surface area (Å²) in [5.41, 5.74) is 7.79. The predicted molar refractivity (Wildman–Crippen MR) is 132 cm³/mol. The predicted octanol–water partition coefficient (Wildman–Crippen LogP) is -0.912. The number of rotatable bonds is 13. The molecule has 0 saturated heterocycles. The first-order valence-electron chi connectivity index (χ1n) is 11.7. The maximum absolute atomic E-state index is 13.0. The molecule has 0 bridgehead atoms. The lowest BCUT2D eigenvalue weighted by Crippen LogP contribution is -2.59. The van der Waals surface area contributed by atoms with Gasteiger partial charge in [0.25, 0.3) is 0 Å². The molecule has 0 aliphatic rings. The number of carboxylic acids is 2. The monoisotopic (exact) mass is 519 g/mol. The minimum atomic E-state index is -1.72. The summed E-state index contributed by atoms with van der Waals surface area (Å²) in [6.07, 6.45) is -0.411. The number of nitrogens with one attached hydrogen (secondary N) is 4. The van der Waals surface area contributed by atoms with Gasteiger partial charge in [-0.2, -0.15) is 0 Å². The van der Waals surface area contributed by atoms with Crippen LogP contribution in [-0.2, 0) is 30.4 Å². The van der Waals surface area contributed by atoms with Gasteiger partial charge in [0, 0.05) is 17.1 Å². The van der Waals surface area contributed by atoms with E-state index in [0.717, 1.165) is 23.4 Å². The zero-order chi connectivity index (χ0) is 27.9. The van der Waals surface area contributed by atoms with E-state index in [2.05, 4.69) is 15.6 Å². The first-order chi connectivity index (χ1) is 17.3. The van der Waals surface area contributed by atoms with Crippen LogP contribution in [0.4, 0.5) is 0 Å². The third-order valence-electron chi connectivity index (χ3n) is 5.76. The molecule has 1 aromatic heterocycles. The van der Waals surface area contributed by atoms with Crippen LogP contribution in [0.2, 0.25) is 0 Å². The van der Waals surface area contributed by atoms with E-state index in [9.17, 15) is 34.2 Å². The molecule has 1 aromatic carbocycles. The molecule has 0 aliphatic carbocycles. The van der Waals surface area contributed by atoms with Gasteiger partial charge in [-0.15, -0.1) is 0 Å². The Morgan fingerprint density at radius 1 is 0.919 bits per heavy atom. The van der Waals surface area contributed by atoms with Crippen LogP contribution >= 0.6 is 0 Å². The third kappa shape index (κ3) is 8.02. The Morgan fingerprint density at radius 3 is 2.11 bits per heavy atom. The van der Waals surface area contributed by atoms with Crippen LogP contribution in [0, 0.1) is 5.92 Å². The number of aliphatic hydroxyl groups is 1. The highest BCUT2D eigenvalue weighted by Gasteiger charge is 2.34. The van der Waals surface area contributed by atoms with Crippen LogP contribution in [0.1, 0.15) is 32.8 Å². The normalized spacial score (nSPS) is 15.3. The van der Waals surface area contributed by atoms with Gasteiger partial charge in [0.15, 0.2) is 6.04 Å². The van der Waals surface area contributed by atoms with Crippen molar-refractivity contribution in [3.05, 3.63) is 36.0 Å². The lowest BCUT2D eigenvalue weighted by molar-refractivity contribution is -0.146. The summed E-state index contributed by atoms with van der Waals surface area (Å²) in [5, 5.41) is 35.6. The van der Waals surface area contributed by atoms with E-state index in [1.165, 1.54) is 0 Å². The van der Waals surface area contributed by atoms with Gasteiger partial charge in [0.1, 0.15) is 12.1 Å². The van der Waals surface area contributed by atoms with E-state index in [1.807, 2.05) is 29.6 Å². The lowest BCUT2D eigenvalue weighted by atomic mass is 10.0. The molecule has 5 unspecified atom stereocenters. The SMILES string of the molecule is CC(C)C(NC(=O)C(N)Cc1c[nH]c2ccccc12)C(=O)NC(CC(=O)O)C(=O)NC(C(=O)O)C(C)O. The number of carbonyl (C=O) groups is 5. The Hall–Kier alpha value is -3.97. The molecule has 13 heteroatoms. The molecule has 9 N–H and O–H groups in total. The summed E-state index contributed by atoms with van der Waals surface area (Å²) in [6, 6.07) is 1.93. The summed E-state index contributed by atoms with van der Waals surface area (Å²) < 4.78 is 0. The molecule has 0 fully saturated rings. The fourth-order valence-electron chi connectivity index (χ4n) is 3.71. The van der Waals surface area contributed by atoms with E-state index in [0.29, 0.717) is 0 Å². The van der Waals surface area contributed by atoms with Crippen LogP contribution in [0.3, 0.4) is 0 Å². The number of carboxylic acid groups (broad SMARTS) is 2. The molecule has 13 nitrogen and oxygen atoms in total. The molecule has 5 atom stereocenters. The standard InChI is InChI=1S/C24H33N5O8/c1-11(2)19(28-21(33)15(25)8-13-10-26-16-7-5-4-6-14(13)16)23(35)27-17(9-18(31)32)22(34)29-20(12(3)30)24(36)37/h4-7,10-12,15,17,19-20,26,30H,8-9,25H2,1-3H3,(H,27,35)(H,28,33)(H,29,34)(H,31,32)(H,36,37). The number of hydrogen-bond donors (Lipinski definition) is 8. The van der Waals surface area contributed by atoms with E-state index in [1.54, 1.807) is 20.0 Å². The van der Waals surface area contributed by atoms with Crippen molar-refractivity contribution in [1.82, 2.24) is 20.9 Å². The first kappa shape index (κ1) is 29.3. The van der Waals surface area contributed by atoms with Gasteiger partial charge in [0.05, 0.1) is 18.6 Å². The van der Waals surface area contributed by atoms with E-state index >= 15 is 0 Å². The molecule has 0 spiro atoms. The van der Waals surface area contributed by atoms with Gasteiger partial charge >= 0.3 is 11.9 Å². The van der Waals surface area contributed by atoms with Crippen molar-refractivity contribution in [3.8, 4) is 0 Å². The molecule has 202 valence electrons. The van der Waals surface area contributed by atoms with Gasteiger partial charge < -0.3 is 42.0 Å².